The van der Waals surface area contributed by atoms with Gasteiger partial charge in [-0.15, -0.1) is 0 Å². The normalized spacial score (nSPS) is 22.5. The second-order valence-electron chi connectivity index (χ2n) is 6.62. The van der Waals surface area contributed by atoms with Crippen molar-refractivity contribution < 1.29 is 4.92 Å². The Labute approximate surface area is 126 Å². The van der Waals surface area contributed by atoms with Crippen LogP contribution < -0.4 is 5.32 Å². The molecule has 1 fully saturated rings. The Kier molecular flexibility index (Phi) is 4.85. The number of aryl methyl sites for hydroxylation is 1. The lowest BCUT2D eigenvalue weighted by atomic mass is 9.83. The van der Waals surface area contributed by atoms with Gasteiger partial charge in [0.05, 0.1) is 4.92 Å². The Hall–Kier alpha value is -1.59. The number of nitrogens with one attached hydrogen (secondary N) is 1. The van der Waals surface area contributed by atoms with E-state index < -0.39 is 0 Å². The van der Waals surface area contributed by atoms with Gasteiger partial charge in [-0.1, -0.05) is 33.6 Å². The Balaban J connectivity index is 2.10. The molecule has 118 valence electrons. The molecule has 6 heteroatoms. The lowest BCUT2D eigenvalue weighted by Gasteiger charge is -2.26. The summed E-state index contributed by atoms with van der Waals surface area (Å²) in [6.45, 7) is 6.96. The molecule has 21 heavy (non-hydrogen) atoms. The van der Waals surface area contributed by atoms with Crippen molar-refractivity contribution in [3.8, 4) is 0 Å². The van der Waals surface area contributed by atoms with Gasteiger partial charge in [0.2, 0.25) is 5.82 Å². The fourth-order valence-electron chi connectivity index (χ4n) is 3.07. The SMILES string of the molecule is CC1CCC(CNc2c([N+](=O)[O-])c(C(C)C)nn2C)CC1. The molecule has 0 amide bonds. The van der Waals surface area contributed by atoms with Gasteiger partial charge in [0.15, 0.2) is 0 Å². The number of nitrogens with zero attached hydrogens (tertiary/aromatic N) is 3. The fraction of sp³-hybridized carbons (Fsp3) is 0.800. The summed E-state index contributed by atoms with van der Waals surface area (Å²) in [5, 5.41) is 19.0. The van der Waals surface area contributed by atoms with Gasteiger partial charge in [-0.05, 0) is 24.7 Å². The molecular weight excluding hydrogens is 268 g/mol. The van der Waals surface area contributed by atoms with Crippen molar-refractivity contribution >= 4 is 11.5 Å². The number of anilines is 1. The second kappa shape index (κ2) is 6.45. The molecule has 2 rings (SSSR count). The van der Waals surface area contributed by atoms with Crippen LogP contribution in [-0.4, -0.2) is 21.2 Å². The van der Waals surface area contributed by atoms with E-state index in [0.717, 1.165) is 12.5 Å². The zero-order chi connectivity index (χ0) is 15.6. The van der Waals surface area contributed by atoms with Crippen molar-refractivity contribution in [1.29, 1.82) is 0 Å². The average Bonchev–Trinajstić information content (AvgIpc) is 2.75. The van der Waals surface area contributed by atoms with Crippen LogP contribution in [0.1, 0.15) is 58.1 Å². The molecule has 0 saturated heterocycles. The first-order chi connectivity index (χ1) is 9.90. The number of hydrogen-bond donors (Lipinski definition) is 1. The van der Waals surface area contributed by atoms with Crippen LogP contribution in [0.4, 0.5) is 11.5 Å². The van der Waals surface area contributed by atoms with Crippen LogP contribution in [0.5, 0.6) is 0 Å². The smallest absolute Gasteiger partial charge is 0.334 e. The molecule has 1 saturated carbocycles. The van der Waals surface area contributed by atoms with E-state index in [1.165, 1.54) is 25.7 Å². The highest BCUT2D eigenvalue weighted by atomic mass is 16.6. The predicted octanol–water partition coefficient (Wildman–Crippen LogP) is 3.69. The average molecular weight is 294 g/mol. The van der Waals surface area contributed by atoms with Crippen LogP contribution in [0, 0.1) is 22.0 Å². The van der Waals surface area contributed by atoms with Crippen LogP contribution in [0.15, 0.2) is 0 Å². The van der Waals surface area contributed by atoms with Gasteiger partial charge in [0, 0.05) is 19.5 Å². The van der Waals surface area contributed by atoms with E-state index in [9.17, 15) is 10.1 Å². The first-order valence-corrected chi connectivity index (χ1v) is 7.85. The molecule has 0 unspecified atom stereocenters. The maximum Gasteiger partial charge on any atom is 0.334 e. The van der Waals surface area contributed by atoms with Crippen LogP contribution in [0.2, 0.25) is 0 Å². The highest BCUT2D eigenvalue weighted by molar-refractivity contribution is 5.60. The van der Waals surface area contributed by atoms with Crippen molar-refractivity contribution in [3.63, 3.8) is 0 Å². The second-order valence-corrected chi connectivity index (χ2v) is 6.62. The van der Waals surface area contributed by atoms with Crippen molar-refractivity contribution in [2.24, 2.45) is 18.9 Å². The Bertz CT molecular complexity index is 502. The molecule has 0 bridgehead atoms. The van der Waals surface area contributed by atoms with Crippen molar-refractivity contribution in [2.75, 3.05) is 11.9 Å². The number of aromatic nitrogens is 2. The van der Waals surface area contributed by atoms with Gasteiger partial charge in [-0.3, -0.25) is 10.1 Å². The highest BCUT2D eigenvalue weighted by Crippen LogP contribution is 2.34. The monoisotopic (exact) mass is 294 g/mol. The van der Waals surface area contributed by atoms with Crippen LogP contribution in [0.25, 0.3) is 0 Å². The molecule has 1 aromatic rings. The number of rotatable bonds is 5. The molecule has 1 N–H and O–H groups in total. The summed E-state index contributed by atoms with van der Waals surface area (Å²) in [6, 6.07) is 0. The van der Waals surface area contributed by atoms with Crippen molar-refractivity contribution in [1.82, 2.24) is 9.78 Å². The molecule has 0 aliphatic heterocycles. The molecular formula is C15H26N4O2. The van der Waals surface area contributed by atoms with Gasteiger partial charge in [-0.25, -0.2) is 4.68 Å². The topological polar surface area (TPSA) is 73.0 Å². The summed E-state index contributed by atoms with van der Waals surface area (Å²) in [4.78, 5) is 11.1. The summed E-state index contributed by atoms with van der Waals surface area (Å²) < 4.78 is 1.61. The minimum Gasteiger partial charge on any atom is -0.364 e. The van der Waals surface area contributed by atoms with E-state index in [1.54, 1.807) is 11.7 Å². The van der Waals surface area contributed by atoms with Crippen LogP contribution >= 0.6 is 0 Å². The van der Waals surface area contributed by atoms with Gasteiger partial charge in [0.1, 0.15) is 5.69 Å². The predicted molar refractivity (Wildman–Crippen MR) is 83.6 cm³/mol. The summed E-state index contributed by atoms with van der Waals surface area (Å²) in [7, 11) is 1.77. The van der Waals surface area contributed by atoms with Gasteiger partial charge in [0.25, 0.3) is 0 Å². The maximum atomic E-state index is 11.4. The molecule has 1 aliphatic carbocycles. The summed E-state index contributed by atoms with van der Waals surface area (Å²) >= 11 is 0. The minimum absolute atomic E-state index is 0.0441. The Morgan fingerprint density at radius 2 is 2.00 bits per heavy atom. The molecule has 1 aliphatic rings. The van der Waals surface area contributed by atoms with Crippen molar-refractivity contribution in [3.05, 3.63) is 15.8 Å². The van der Waals surface area contributed by atoms with Crippen molar-refractivity contribution in [2.45, 2.75) is 52.4 Å². The minimum atomic E-state index is -0.312. The fourth-order valence-corrected chi connectivity index (χ4v) is 3.07. The third-order valence-corrected chi connectivity index (χ3v) is 4.47. The number of hydrogen-bond acceptors (Lipinski definition) is 4. The molecule has 1 aromatic heterocycles. The zero-order valence-electron chi connectivity index (χ0n) is 13.4. The lowest BCUT2D eigenvalue weighted by molar-refractivity contribution is -0.384. The lowest BCUT2D eigenvalue weighted by Crippen LogP contribution is -2.21. The first kappa shape index (κ1) is 15.8. The molecule has 0 spiro atoms. The van der Waals surface area contributed by atoms with E-state index in [2.05, 4.69) is 17.3 Å². The highest BCUT2D eigenvalue weighted by Gasteiger charge is 2.29. The molecule has 1 heterocycles. The van der Waals surface area contributed by atoms with E-state index >= 15 is 0 Å². The Morgan fingerprint density at radius 1 is 1.38 bits per heavy atom. The summed E-state index contributed by atoms with van der Waals surface area (Å²) in [5.41, 5.74) is 0.693. The van der Waals surface area contributed by atoms with E-state index in [0.29, 0.717) is 17.4 Å². The summed E-state index contributed by atoms with van der Waals surface area (Å²) in [6.07, 6.45) is 4.93. The van der Waals surface area contributed by atoms with Gasteiger partial charge in [-0.2, -0.15) is 5.10 Å². The van der Waals surface area contributed by atoms with E-state index in [1.807, 2.05) is 13.8 Å². The third-order valence-electron chi connectivity index (χ3n) is 4.47. The van der Waals surface area contributed by atoms with Gasteiger partial charge >= 0.3 is 5.69 Å². The first-order valence-electron chi connectivity index (χ1n) is 7.85. The maximum absolute atomic E-state index is 11.4. The van der Waals surface area contributed by atoms with Crippen LogP contribution in [-0.2, 0) is 7.05 Å². The van der Waals surface area contributed by atoms with E-state index in [4.69, 9.17) is 0 Å². The molecule has 0 radical (unpaired) electrons. The molecule has 0 aromatic carbocycles. The molecule has 6 nitrogen and oxygen atoms in total. The number of nitro groups is 1. The van der Waals surface area contributed by atoms with Gasteiger partial charge < -0.3 is 5.32 Å². The van der Waals surface area contributed by atoms with Crippen LogP contribution in [0.3, 0.4) is 0 Å². The molecule has 0 atom stereocenters. The third kappa shape index (κ3) is 3.54. The standard InChI is InChI=1S/C15H26N4O2/c1-10(2)13-14(19(20)21)15(18(4)17-13)16-9-12-7-5-11(3)6-8-12/h10-12,16H,5-9H2,1-4H3. The quantitative estimate of drug-likeness (QED) is 0.664. The van der Waals surface area contributed by atoms with E-state index in [-0.39, 0.29) is 16.5 Å². The Morgan fingerprint density at radius 3 is 2.52 bits per heavy atom. The largest absolute Gasteiger partial charge is 0.364 e. The zero-order valence-corrected chi connectivity index (χ0v) is 13.4. The summed E-state index contributed by atoms with van der Waals surface area (Å²) in [5.74, 6) is 2.02.